The molecule has 0 saturated heterocycles. The monoisotopic (exact) mass is 209 g/mol. The van der Waals surface area contributed by atoms with Gasteiger partial charge in [-0.15, -0.1) is 0 Å². The highest BCUT2D eigenvalue weighted by Gasteiger charge is 2.08. The van der Waals surface area contributed by atoms with Crippen LogP contribution in [0.4, 0.5) is 11.4 Å². The molecule has 1 aromatic carbocycles. The Hall–Kier alpha value is -2.16. The van der Waals surface area contributed by atoms with E-state index in [1.165, 1.54) is 0 Å². The molecule has 3 rings (SSSR count). The summed E-state index contributed by atoms with van der Waals surface area (Å²) in [6.07, 6.45) is 5.03. The van der Waals surface area contributed by atoms with Gasteiger partial charge >= 0.3 is 0 Å². The van der Waals surface area contributed by atoms with Crippen molar-refractivity contribution in [3.8, 4) is 0 Å². The van der Waals surface area contributed by atoms with Crippen LogP contribution in [0.5, 0.6) is 0 Å². The van der Waals surface area contributed by atoms with Crippen molar-refractivity contribution in [3.05, 3.63) is 54.1 Å². The van der Waals surface area contributed by atoms with E-state index in [1.54, 1.807) is 0 Å². The van der Waals surface area contributed by atoms with Gasteiger partial charge in [0, 0.05) is 12.7 Å². The van der Waals surface area contributed by atoms with Gasteiger partial charge in [0.1, 0.15) is 0 Å². The standard InChI is InChI=1S/C13H11N3/c1-15-9-5-4-8-13(15)16-10-14-11-6-2-3-7-12(11)16/h2-9H,1H3. The van der Waals surface area contributed by atoms with Crippen LogP contribution in [0, 0.1) is 0 Å². The first kappa shape index (κ1) is 9.09. The zero-order valence-electron chi connectivity index (χ0n) is 8.96. The molecule has 3 nitrogen and oxygen atoms in total. The molecular formula is C13H11N3. The summed E-state index contributed by atoms with van der Waals surface area (Å²) in [5.41, 5.74) is 3.09. The first-order chi connectivity index (χ1) is 7.86. The summed E-state index contributed by atoms with van der Waals surface area (Å²) in [7, 11) is 2.01. The Morgan fingerprint density at radius 2 is 1.94 bits per heavy atom. The number of nitrogens with zero attached hydrogens (tertiary/aromatic N) is 3. The van der Waals surface area contributed by atoms with E-state index < -0.39 is 0 Å². The van der Waals surface area contributed by atoms with Crippen LogP contribution < -0.4 is 10.1 Å². The maximum Gasteiger partial charge on any atom is 0.208 e. The maximum atomic E-state index is 4.26. The highest BCUT2D eigenvalue weighted by molar-refractivity contribution is 5.83. The van der Waals surface area contributed by atoms with Crippen LogP contribution in [0.15, 0.2) is 53.7 Å². The van der Waals surface area contributed by atoms with Crippen molar-refractivity contribution in [1.29, 1.82) is 0 Å². The number of benzene rings is 1. The van der Waals surface area contributed by atoms with E-state index in [0.29, 0.717) is 0 Å². The number of aliphatic imine (C=N–C) groups is 1. The number of fused-ring (bicyclic) bond motifs is 1. The summed E-state index contributed by atoms with van der Waals surface area (Å²) in [5.74, 6) is 0. The lowest BCUT2D eigenvalue weighted by atomic mass is 10.3. The first-order valence-electron chi connectivity index (χ1n) is 5.16. The molecule has 0 atom stereocenters. The molecule has 3 heteroatoms. The second kappa shape index (κ2) is 3.45. The molecule has 2 heterocycles. The van der Waals surface area contributed by atoms with Gasteiger partial charge in [0.05, 0.1) is 11.9 Å². The molecule has 1 aliphatic rings. The summed E-state index contributed by atoms with van der Waals surface area (Å²) in [5, 5.41) is 0. The molecule has 0 bridgehead atoms. The van der Waals surface area contributed by atoms with Crippen molar-refractivity contribution >= 4 is 17.7 Å². The van der Waals surface area contributed by atoms with Crippen molar-refractivity contribution in [2.75, 3.05) is 0 Å². The molecule has 16 heavy (non-hydrogen) atoms. The molecule has 0 saturated carbocycles. The smallest absolute Gasteiger partial charge is 0.208 e. The summed E-state index contributed by atoms with van der Waals surface area (Å²) in [4.78, 5) is 4.26. The SMILES string of the molecule is Cn1ccccc1=[N+]1[C-]=Nc2ccccc21. The highest BCUT2D eigenvalue weighted by atomic mass is 15.2. The molecule has 0 spiro atoms. The molecule has 2 aromatic rings. The molecule has 0 aliphatic carbocycles. The Labute approximate surface area is 93.6 Å². The Kier molecular flexibility index (Phi) is 1.96. The number of hydrogen-bond donors (Lipinski definition) is 0. The third-order valence-electron chi connectivity index (χ3n) is 2.65. The van der Waals surface area contributed by atoms with Crippen LogP contribution in [0.1, 0.15) is 0 Å². The lowest BCUT2D eigenvalue weighted by molar-refractivity contribution is 0.792. The Morgan fingerprint density at radius 1 is 1.12 bits per heavy atom. The van der Waals surface area contributed by atoms with Crippen molar-refractivity contribution in [2.45, 2.75) is 0 Å². The molecule has 0 fully saturated rings. The van der Waals surface area contributed by atoms with Gasteiger partial charge < -0.3 is 9.14 Å². The van der Waals surface area contributed by atoms with Gasteiger partial charge in [-0.05, 0) is 12.1 Å². The van der Waals surface area contributed by atoms with E-state index in [0.717, 1.165) is 16.9 Å². The lowest BCUT2D eigenvalue weighted by Gasteiger charge is -2.07. The topological polar surface area (TPSA) is 20.3 Å². The van der Waals surface area contributed by atoms with E-state index in [4.69, 9.17) is 0 Å². The number of hydrogen-bond acceptors (Lipinski definition) is 1. The lowest BCUT2D eigenvalue weighted by Crippen LogP contribution is -2.30. The van der Waals surface area contributed by atoms with Crippen molar-refractivity contribution in [1.82, 2.24) is 9.14 Å². The molecule has 1 aromatic heterocycles. The normalized spacial score (nSPS) is 16.3. The average Bonchev–Trinajstić information content (AvgIpc) is 2.74. The van der Waals surface area contributed by atoms with Gasteiger partial charge in [0.25, 0.3) is 0 Å². The maximum absolute atomic E-state index is 4.26. The van der Waals surface area contributed by atoms with Gasteiger partial charge in [-0.1, -0.05) is 30.3 Å². The van der Waals surface area contributed by atoms with Crippen molar-refractivity contribution in [2.24, 2.45) is 12.0 Å². The predicted molar refractivity (Wildman–Crippen MR) is 63.9 cm³/mol. The zero-order chi connectivity index (χ0) is 11.0. The van der Waals surface area contributed by atoms with Crippen molar-refractivity contribution in [3.63, 3.8) is 0 Å². The second-order valence-electron chi connectivity index (χ2n) is 3.71. The molecule has 0 unspecified atom stereocenters. The quantitative estimate of drug-likeness (QED) is 0.465. The van der Waals surface area contributed by atoms with Crippen LogP contribution in [0.2, 0.25) is 0 Å². The fourth-order valence-corrected chi connectivity index (χ4v) is 1.83. The van der Waals surface area contributed by atoms with Gasteiger partial charge in [0.2, 0.25) is 6.34 Å². The third-order valence-corrected chi connectivity index (χ3v) is 2.65. The average molecular weight is 209 g/mol. The molecule has 78 valence electrons. The van der Waals surface area contributed by atoms with Gasteiger partial charge in [0.15, 0.2) is 5.49 Å². The van der Waals surface area contributed by atoms with Crippen LogP contribution in [-0.4, -0.2) is 10.9 Å². The first-order valence-corrected chi connectivity index (χ1v) is 5.16. The molecule has 0 N–H and O–H groups in total. The van der Waals surface area contributed by atoms with Crippen LogP contribution in [0.3, 0.4) is 0 Å². The Bertz CT molecular complexity index is 635. The van der Waals surface area contributed by atoms with E-state index >= 15 is 0 Å². The summed E-state index contributed by atoms with van der Waals surface area (Å²) < 4.78 is 4.01. The van der Waals surface area contributed by atoms with Gasteiger partial charge in [-0.2, -0.15) is 0 Å². The zero-order valence-corrected chi connectivity index (χ0v) is 8.96. The fraction of sp³-hybridized carbons (Fsp3) is 0.0769. The minimum atomic E-state index is 0.964. The minimum absolute atomic E-state index is 0.964. The van der Waals surface area contributed by atoms with Crippen LogP contribution in [0.25, 0.3) is 0 Å². The summed E-state index contributed by atoms with van der Waals surface area (Å²) >= 11 is 0. The van der Waals surface area contributed by atoms with Crippen LogP contribution >= 0.6 is 0 Å². The minimum Gasteiger partial charge on any atom is -0.325 e. The predicted octanol–water partition coefficient (Wildman–Crippen LogP) is 1.68. The Morgan fingerprint density at radius 3 is 2.81 bits per heavy atom. The molecule has 0 radical (unpaired) electrons. The second-order valence-corrected chi connectivity index (χ2v) is 3.71. The number of para-hydroxylation sites is 2. The summed E-state index contributed by atoms with van der Waals surface area (Å²) in [6, 6.07) is 14.1. The Balaban J connectivity index is 2.37. The van der Waals surface area contributed by atoms with E-state index in [9.17, 15) is 0 Å². The van der Waals surface area contributed by atoms with Crippen molar-refractivity contribution < 1.29 is 0 Å². The highest BCUT2D eigenvalue weighted by Crippen LogP contribution is 2.28. The molecule has 0 amide bonds. The molecule has 1 aliphatic heterocycles. The largest absolute Gasteiger partial charge is 0.325 e. The number of rotatable bonds is 0. The van der Waals surface area contributed by atoms with E-state index in [-0.39, 0.29) is 0 Å². The number of aromatic nitrogens is 1. The number of pyridine rings is 1. The third kappa shape index (κ3) is 1.29. The molecular weight excluding hydrogens is 198 g/mol. The van der Waals surface area contributed by atoms with E-state index in [2.05, 4.69) is 11.3 Å². The van der Waals surface area contributed by atoms with Crippen LogP contribution in [-0.2, 0) is 7.05 Å². The fourth-order valence-electron chi connectivity index (χ4n) is 1.83. The van der Waals surface area contributed by atoms with E-state index in [1.807, 2.05) is 64.9 Å². The van der Waals surface area contributed by atoms with Gasteiger partial charge in [-0.3, -0.25) is 0 Å². The number of aryl methyl sites for hydroxylation is 1. The summed E-state index contributed by atoms with van der Waals surface area (Å²) in [6.45, 7) is 0. The van der Waals surface area contributed by atoms with Gasteiger partial charge in [-0.25, -0.2) is 4.99 Å².